The first-order valence-electron chi connectivity index (χ1n) is 6.66. The van der Waals surface area contributed by atoms with Crippen molar-refractivity contribution in [1.82, 2.24) is 4.98 Å². The third-order valence-electron chi connectivity index (χ3n) is 3.04. The van der Waals surface area contributed by atoms with Crippen molar-refractivity contribution in [3.8, 4) is 11.5 Å². The summed E-state index contributed by atoms with van der Waals surface area (Å²) in [5.41, 5.74) is 1.40. The van der Waals surface area contributed by atoms with Crippen molar-refractivity contribution >= 4 is 16.8 Å². The maximum Gasteiger partial charge on any atom is 0.153 e. The highest BCUT2D eigenvalue weighted by Gasteiger charge is 2.08. The summed E-state index contributed by atoms with van der Waals surface area (Å²) in [4.78, 5) is 4.50. The van der Waals surface area contributed by atoms with E-state index < -0.39 is 0 Å². The van der Waals surface area contributed by atoms with Crippen LogP contribution in [0.4, 0.5) is 10.2 Å². The Labute approximate surface area is 116 Å². The minimum Gasteiger partial charge on any atom is -0.454 e. The van der Waals surface area contributed by atoms with E-state index in [-0.39, 0.29) is 5.82 Å². The van der Waals surface area contributed by atoms with Gasteiger partial charge in [-0.2, -0.15) is 0 Å². The Morgan fingerprint density at radius 3 is 2.95 bits per heavy atom. The van der Waals surface area contributed by atoms with E-state index in [0.717, 1.165) is 29.9 Å². The Morgan fingerprint density at radius 2 is 2.10 bits per heavy atom. The number of benzene rings is 1. The van der Waals surface area contributed by atoms with Crippen LogP contribution in [0.3, 0.4) is 0 Å². The Morgan fingerprint density at radius 1 is 1.20 bits per heavy atom. The van der Waals surface area contributed by atoms with Crippen LogP contribution >= 0.6 is 0 Å². The number of rotatable bonds is 4. The van der Waals surface area contributed by atoms with E-state index >= 15 is 0 Å². The maximum atomic E-state index is 13.2. The van der Waals surface area contributed by atoms with Crippen molar-refractivity contribution in [1.29, 1.82) is 0 Å². The number of nitrogens with one attached hydrogen (secondary N) is 1. The maximum absolute atomic E-state index is 13.2. The largest absolute Gasteiger partial charge is 0.454 e. The molecular formula is C16H15FN2O. The van der Waals surface area contributed by atoms with Gasteiger partial charge in [-0.1, -0.05) is 13.0 Å². The summed E-state index contributed by atoms with van der Waals surface area (Å²) in [6.45, 7) is 2.98. The van der Waals surface area contributed by atoms with Gasteiger partial charge in [0.15, 0.2) is 5.76 Å². The molecule has 0 saturated carbocycles. The van der Waals surface area contributed by atoms with Crippen LogP contribution in [-0.4, -0.2) is 11.5 Å². The SMILES string of the molecule is CCCNc1cccc(-c2cc3cc(F)ccc3o2)n1. The molecular weight excluding hydrogens is 255 g/mol. The lowest BCUT2D eigenvalue weighted by atomic mass is 10.2. The summed E-state index contributed by atoms with van der Waals surface area (Å²) < 4.78 is 18.9. The van der Waals surface area contributed by atoms with Crippen molar-refractivity contribution in [3.63, 3.8) is 0 Å². The van der Waals surface area contributed by atoms with Crippen molar-refractivity contribution in [2.45, 2.75) is 13.3 Å². The third-order valence-corrected chi connectivity index (χ3v) is 3.04. The molecule has 0 bridgehead atoms. The molecule has 2 aromatic heterocycles. The molecule has 0 amide bonds. The predicted octanol–water partition coefficient (Wildman–Crippen LogP) is 4.46. The molecule has 0 unspecified atom stereocenters. The molecule has 1 N–H and O–H groups in total. The lowest BCUT2D eigenvalue weighted by Gasteiger charge is -2.04. The molecule has 0 radical (unpaired) electrons. The molecule has 0 aliphatic rings. The zero-order valence-electron chi connectivity index (χ0n) is 11.2. The Bertz CT molecular complexity index is 736. The predicted molar refractivity (Wildman–Crippen MR) is 78.2 cm³/mol. The Hall–Kier alpha value is -2.36. The summed E-state index contributed by atoms with van der Waals surface area (Å²) in [6.07, 6.45) is 1.04. The van der Waals surface area contributed by atoms with Gasteiger partial charge in [0.05, 0.1) is 0 Å². The van der Waals surface area contributed by atoms with Crippen LogP contribution < -0.4 is 5.32 Å². The molecule has 20 heavy (non-hydrogen) atoms. The quantitative estimate of drug-likeness (QED) is 0.760. The van der Waals surface area contributed by atoms with E-state index in [2.05, 4.69) is 17.2 Å². The summed E-state index contributed by atoms with van der Waals surface area (Å²) in [7, 11) is 0. The topological polar surface area (TPSA) is 38.1 Å². The highest BCUT2D eigenvalue weighted by molar-refractivity contribution is 5.82. The minimum atomic E-state index is -0.267. The van der Waals surface area contributed by atoms with E-state index in [1.54, 1.807) is 6.07 Å². The van der Waals surface area contributed by atoms with Gasteiger partial charge in [-0.25, -0.2) is 9.37 Å². The first-order chi connectivity index (χ1) is 9.76. The van der Waals surface area contributed by atoms with Gasteiger partial charge in [-0.05, 0) is 42.8 Å². The lowest BCUT2D eigenvalue weighted by molar-refractivity contribution is 0.618. The van der Waals surface area contributed by atoms with Gasteiger partial charge in [0.1, 0.15) is 22.9 Å². The fourth-order valence-corrected chi connectivity index (χ4v) is 2.06. The van der Waals surface area contributed by atoms with Gasteiger partial charge < -0.3 is 9.73 Å². The number of fused-ring (bicyclic) bond motifs is 1. The number of furan rings is 1. The monoisotopic (exact) mass is 270 g/mol. The first kappa shape index (κ1) is 12.7. The van der Waals surface area contributed by atoms with Crippen molar-refractivity contribution < 1.29 is 8.81 Å². The van der Waals surface area contributed by atoms with Crippen LogP contribution in [-0.2, 0) is 0 Å². The molecule has 0 spiro atoms. The number of hydrogen-bond donors (Lipinski definition) is 1. The first-order valence-corrected chi connectivity index (χ1v) is 6.66. The molecule has 3 nitrogen and oxygen atoms in total. The number of hydrogen-bond acceptors (Lipinski definition) is 3. The molecule has 4 heteroatoms. The number of aromatic nitrogens is 1. The van der Waals surface area contributed by atoms with Crippen LogP contribution in [0.5, 0.6) is 0 Å². The average molecular weight is 270 g/mol. The fourth-order valence-electron chi connectivity index (χ4n) is 2.06. The minimum absolute atomic E-state index is 0.267. The van der Waals surface area contributed by atoms with Crippen molar-refractivity contribution in [2.24, 2.45) is 0 Å². The summed E-state index contributed by atoms with van der Waals surface area (Å²) in [5.74, 6) is 1.19. The molecule has 0 aliphatic carbocycles. The molecule has 0 fully saturated rings. The fraction of sp³-hybridized carbons (Fsp3) is 0.188. The molecule has 1 aromatic carbocycles. The van der Waals surface area contributed by atoms with E-state index in [4.69, 9.17) is 4.42 Å². The zero-order chi connectivity index (χ0) is 13.9. The van der Waals surface area contributed by atoms with Crippen LogP contribution in [0.2, 0.25) is 0 Å². The second-order valence-electron chi connectivity index (χ2n) is 4.63. The highest BCUT2D eigenvalue weighted by Crippen LogP contribution is 2.27. The van der Waals surface area contributed by atoms with Gasteiger partial charge in [0, 0.05) is 11.9 Å². The molecule has 0 atom stereocenters. The van der Waals surface area contributed by atoms with Crippen LogP contribution in [0, 0.1) is 5.82 Å². The van der Waals surface area contributed by atoms with Gasteiger partial charge in [-0.3, -0.25) is 0 Å². The molecule has 0 aliphatic heterocycles. The second-order valence-corrected chi connectivity index (χ2v) is 4.63. The number of anilines is 1. The smallest absolute Gasteiger partial charge is 0.153 e. The Balaban J connectivity index is 1.97. The second kappa shape index (κ2) is 5.33. The standard InChI is InChI=1S/C16H15FN2O/c1-2-8-18-16-5-3-4-13(19-16)15-10-11-9-12(17)6-7-14(11)20-15/h3-7,9-10H,2,8H2,1H3,(H,18,19). The van der Waals surface area contributed by atoms with Gasteiger partial charge in [-0.15, -0.1) is 0 Å². The van der Waals surface area contributed by atoms with Crippen molar-refractivity contribution in [3.05, 3.63) is 48.3 Å². The average Bonchev–Trinajstić information content (AvgIpc) is 2.88. The van der Waals surface area contributed by atoms with E-state index in [0.29, 0.717) is 11.3 Å². The zero-order valence-corrected chi connectivity index (χ0v) is 11.2. The number of nitrogens with zero attached hydrogens (tertiary/aromatic N) is 1. The number of pyridine rings is 1. The lowest BCUT2D eigenvalue weighted by Crippen LogP contribution is -2.01. The molecule has 3 rings (SSSR count). The summed E-state index contributed by atoms with van der Waals surface area (Å²) in [6, 6.07) is 12.0. The molecule has 0 saturated heterocycles. The van der Waals surface area contributed by atoms with Gasteiger partial charge >= 0.3 is 0 Å². The number of halogens is 1. The van der Waals surface area contributed by atoms with Crippen molar-refractivity contribution in [2.75, 3.05) is 11.9 Å². The van der Waals surface area contributed by atoms with E-state index in [1.807, 2.05) is 24.3 Å². The summed E-state index contributed by atoms with van der Waals surface area (Å²) >= 11 is 0. The molecule has 102 valence electrons. The van der Waals surface area contributed by atoms with E-state index in [9.17, 15) is 4.39 Å². The Kier molecular flexibility index (Phi) is 3.37. The van der Waals surface area contributed by atoms with Crippen LogP contribution in [0.1, 0.15) is 13.3 Å². The van der Waals surface area contributed by atoms with Crippen LogP contribution in [0.15, 0.2) is 46.9 Å². The normalized spacial score (nSPS) is 10.9. The molecule has 2 heterocycles. The van der Waals surface area contributed by atoms with Gasteiger partial charge in [0.25, 0.3) is 0 Å². The van der Waals surface area contributed by atoms with Crippen LogP contribution in [0.25, 0.3) is 22.4 Å². The molecule has 3 aromatic rings. The highest BCUT2D eigenvalue weighted by atomic mass is 19.1. The third kappa shape index (κ3) is 2.50. The van der Waals surface area contributed by atoms with Gasteiger partial charge in [0.2, 0.25) is 0 Å². The summed E-state index contributed by atoms with van der Waals surface area (Å²) in [5, 5.41) is 3.98. The van der Waals surface area contributed by atoms with E-state index in [1.165, 1.54) is 12.1 Å².